The molecule has 2 aromatic carbocycles. The van der Waals surface area contributed by atoms with E-state index in [1.165, 1.54) is 35.4 Å². The summed E-state index contributed by atoms with van der Waals surface area (Å²) in [6.07, 6.45) is 15.0. The van der Waals surface area contributed by atoms with Crippen LogP contribution in [0.5, 0.6) is 0 Å². The highest BCUT2D eigenvalue weighted by molar-refractivity contribution is 5.88. The molecular formula is C35H34F4N4O. The van der Waals surface area contributed by atoms with E-state index in [2.05, 4.69) is 32.6 Å². The molecule has 2 aliphatic carbocycles. The van der Waals surface area contributed by atoms with Crippen molar-refractivity contribution in [3.05, 3.63) is 119 Å². The summed E-state index contributed by atoms with van der Waals surface area (Å²) in [4.78, 5) is 18.2. The Labute approximate surface area is 254 Å². The Hall–Kier alpha value is -3.69. The Kier molecular flexibility index (Phi) is 6.79. The molecule has 0 spiro atoms. The number of halogens is 4. The fourth-order valence-electron chi connectivity index (χ4n) is 8.52. The number of benzene rings is 2. The van der Waals surface area contributed by atoms with E-state index in [1.807, 2.05) is 24.6 Å². The third-order valence-electron chi connectivity index (χ3n) is 10.4. The summed E-state index contributed by atoms with van der Waals surface area (Å²) in [6.45, 7) is 1.52. The van der Waals surface area contributed by atoms with Crippen LogP contribution in [0.15, 0.2) is 84.2 Å². The van der Waals surface area contributed by atoms with Crippen LogP contribution in [0.1, 0.15) is 48.9 Å². The van der Waals surface area contributed by atoms with E-state index in [9.17, 15) is 22.4 Å². The second-order valence-electron chi connectivity index (χ2n) is 13.0. The lowest BCUT2D eigenvalue weighted by Crippen LogP contribution is -2.40. The molecule has 5 nitrogen and oxygen atoms in total. The zero-order valence-corrected chi connectivity index (χ0v) is 24.1. The Morgan fingerprint density at radius 1 is 0.636 bits per heavy atom. The van der Waals surface area contributed by atoms with Crippen molar-refractivity contribution in [2.24, 2.45) is 23.7 Å². The van der Waals surface area contributed by atoms with Crippen LogP contribution >= 0.6 is 0 Å². The number of Topliss-reactive ketones (excluding diaryl/α,β-unsaturated/α-hetero) is 1. The molecule has 2 aromatic rings. The van der Waals surface area contributed by atoms with Crippen LogP contribution in [-0.2, 0) is 4.79 Å². The van der Waals surface area contributed by atoms with Crippen molar-refractivity contribution in [1.82, 2.24) is 20.4 Å². The third-order valence-corrected chi connectivity index (χ3v) is 10.4. The molecule has 8 atom stereocenters. The first-order chi connectivity index (χ1) is 21.3. The van der Waals surface area contributed by atoms with Gasteiger partial charge >= 0.3 is 0 Å². The highest BCUT2D eigenvalue weighted by Gasteiger charge is 2.47. The molecule has 4 aliphatic heterocycles. The van der Waals surface area contributed by atoms with E-state index >= 15 is 0 Å². The fraction of sp³-hybridized carbons (Fsp3) is 0.400. The Morgan fingerprint density at radius 2 is 1.05 bits per heavy atom. The number of carbonyl (C=O) groups is 1. The van der Waals surface area contributed by atoms with Gasteiger partial charge in [-0.3, -0.25) is 15.4 Å². The molecule has 8 unspecified atom stereocenters. The second kappa shape index (κ2) is 10.7. The topological polar surface area (TPSA) is 47.6 Å². The number of nitrogens with one attached hydrogen (secondary N) is 2. The van der Waals surface area contributed by atoms with Crippen LogP contribution < -0.4 is 10.6 Å². The van der Waals surface area contributed by atoms with Gasteiger partial charge in [-0.05, 0) is 96.5 Å². The number of nitrogens with zero attached hydrogens (tertiary/aromatic N) is 2. The zero-order chi connectivity index (χ0) is 30.1. The maximum Gasteiger partial charge on any atom is 0.146 e. The predicted octanol–water partition coefficient (Wildman–Crippen LogP) is 6.02. The maximum absolute atomic E-state index is 14.0. The van der Waals surface area contributed by atoms with E-state index in [0.717, 1.165) is 38.1 Å². The van der Waals surface area contributed by atoms with Crippen LogP contribution in [0.2, 0.25) is 0 Å². The van der Waals surface area contributed by atoms with Crippen molar-refractivity contribution in [2.45, 2.75) is 50.1 Å². The maximum atomic E-state index is 14.0. The smallest absolute Gasteiger partial charge is 0.146 e. The first-order valence-corrected chi connectivity index (χ1v) is 15.6. The number of ketones is 1. The van der Waals surface area contributed by atoms with Gasteiger partial charge in [0, 0.05) is 37.1 Å². The van der Waals surface area contributed by atoms with Crippen molar-refractivity contribution in [2.75, 3.05) is 13.1 Å². The Morgan fingerprint density at radius 3 is 1.45 bits per heavy atom. The number of hydrogen-bond donors (Lipinski definition) is 2. The van der Waals surface area contributed by atoms with E-state index in [1.54, 1.807) is 0 Å². The van der Waals surface area contributed by atoms with Crippen molar-refractivity contribution in [1.29, 1.82) is 0 Å². The number of fused-ring (bicyclic) bond motifs is 2. The minimum atomic E-state index is -0.582. The van der Waals surface area contributed by atoms with E-state index < -0.39 is 23.3 Å². The zero-order valence-electron chi connectivity index (χ0n) is 24.1. The predicted molar refractivity (Wildman–Crippen MR) is 157 cm³/mol. The minimum Gasteiger partial charge on any atom is -0.351 e. The number of rotatable bonds is 6. The molecule has 8 rings (SSSR count). The summed E-state index contributed by atoms with van der Waals surface area (Å²) >= 11 is 0. The Balaban J connectivity index is 0.989. The molecule has 228 valence electrons. The SMILES string of the molecule is O=C(C1C=C2C(CNC2N2C=CCC2c2cc(F)cc(F)c2)C1)C1C=C2C(CNC2N2C=CCC2c2cc(F)cc(F)c2)C1. The van der Waals surface area contributed by atoms with E-state index in [4.69, 9.17) is 0 Å². The summed E-state index contributed by atoms with van der Waals surface area (Å²) in [5.74, 6) is -1.92. The quantitative estimate of drug-likeness (QED) is 0.313. The van der Waals surface area contributed by atoms with Crippen LogP contribution in [0.3, 0.4) is 0 Å². The molecule has 0 aromatic heterocycles. The Bertz CT molecular complexity index is 1480. The number of hydrogen-bond acceptors (Lipinski definition) is 5. The van der Waals surface area contributed by atoms with Gasteiger partial charge in [0.25, 0.3) is 0 Å². The average molecular weight is 603 g/mol. The summed E-state index contributed by atoms with van der Waals surface area (Å²) in [7, 11) is 0. The lowest BCUT2D eigenvalue weighted by Gasteiger charge is -2.33. The molecule has 6 aliphatic rings. The number of carbonyl (C=O) groups excluding carboxylic acids is 1. The summed E-state index contributed by atoms with van der Waals surface area (Å²) in [6, 6.07) is 7.04. The van der Waals surface area contributed by atoms with Gasteiger partial charge in [0.2, 0.25) is 0 Å². The first-order valence-electron chi connectivity index (χ1n) is 15.6. The van der Waals surface area contributed by atoms with Crippen LogP contribution in [0.4, 0.5) is 17.6 Å². The van der Waals surface area contributed by atoms with Crippen molar-refractivity contribution in [3.8, 4) is 0 Å². The van der Waals surface area contributed by atoms with Gasteiger partial charge in [-0.15, -0.1) is 0 Å². The van der Waals surface area contributed by atoms with Crippen molar-refractivity contribution in [3.63, 3.8) is 0 Å². The van der Waals surface area contributed by atoms with Crippen LogP contribution in [-0.4, -0.2) is 41.0 Å². The fourth-order valence-corrected chi connectivity index (χ4v) is 8.52. The number of allylic oxidation sites excluding steroid dienone is 2. The highest BCUT2D eigenvalue weighted by atomic mass is 19.1. The monoisotopic (exact) mass is 602 g/mol. The van der Waals surface area contributed by atoms with Gasteiger partial charge in [0.15, 0.2) is 0 Å². The second-order valence-corrected chi connectivity index (χ2v) is 13.0. The van der Waals surface area contributed by atoms with Gasteiger partial charge < -0.3 is 9.80 Å². The largest absolute Gasteiger partial charge is 0.351 e. The molecule has 4 heterocycles. The van der Waals surface area contributed by atoms with Crippen molar-refractivity contribution >= 4 is 5.78 Å². The van der Waals surface area contributed by atoms with E-state index in [-0.39, 0.29) is 53.9 Å². The van der Waals surface area contributed by atoms with Gasteiger partial charge in [-0.1, -0.05) is 24.3 Å². The summed E-state index contributed by atoms with van der Waals surface area (Å²) < 4.78 is 56.1. The summed E-state index contributed by atoms with van der Waals surface area (Å²) in [5, 5.41) is 7.16. The molecule has 2 saturated heterocycles. The first kappa shape index (κ1) is 27.8. The molecule has 0 saturated carbocycles. The van der Waals surface area contributed by atoms with Gasteiger partial charge in [0.05, 0.1) is 12.1 Å². The van der Waals surface area contributed by atoms with Crippen LogP contribution in [0.25, 0.3) is 0 Å². The lowest BCUT2D eigenvalue weighted by atomic mass is 9.89. The normalized spacial score (nSPS) is 33.7. The van der Waals surface area contributed by atoms with Gasteiger partial charge in [0.1, 0.15) is 41.4 Å². The minimum absolute atomic E-state index is 0.116. The molecule has 44 heavy (non-hydrogen) atoms. The highest BCUT2D eigenvalue weighted by Crippen LogP contribution is 2.46. The standard InChI is InChI=1S/C35H34F4N4O/c36-25-9-19(10-26(37)15-25)31-3-1-5-42(31)34-29-13-21(7-23(29)17-40-34)33(44)22-8-24-18-41-35(30(24)14-22)43-6-2-4-32(43)20-11-27(38)16-28(39)12-20/h1-2,5-6,9-16,21-24,31-32,34-35,40-41H,3-4,7-8,17-18H2. The van der Waals surface area contributed by atoms with Gasteiger partial charge in [-0.2, -0.15) is 0 Å². The molecule has 0 bridgehead atoms. The van der Waals surface area contributed by atoms with Crippen LogP contribution in [0, 0.1) is 46.9 Å². The molecule has 0 amide bonds. The summed E-state index contributed by atoms with van der Waals surface area (Å²) in [5.41, 5.74) is 3.59. The average Bonchev–Trinajstić information content (AvgIpc) is 3.80. The molecule has 0 radical (unpaired) electrons. The molecule has 9 heteroatoms. The lowest BCUT2D eigenvalue weighted by molar-refractivity contribution is -0.124. The molecule has 2 N–H and O–H groups in total. The molecular weight excluding hydrogens is 568 g/mol. The van der Waals surface area contributed by atoms with Crippen molar-refractivity contribution < 1.29 is 22.4 Å². The third kappa shape index (κ3) is 4.72. The van der Waals surface area contributed by atoms with E-state index in [0.29, 0.717) is 24.0 Å². The molecule has 2 fully saturated rings. The van der Waals surface area contributed by atoms with Gasteiger partial charge in [-0.25, -0.2) is 17.6 Å².